The molecule has 2 rings (SSSR count). The van der Waals surface area contributed by atoms with Crippen LogP contribution in [0.15, 0.2) is 24.5 Å². The van der Waals surface area contributed by atoms with Gasteiger partial charge in [-0.1, -0.05) is 11.3 Å². The Morgan fingerprint density at radius 1 is 1.44 bits per heavy atom. The van der Waals surface area contributed by atoms with Crippen molar-refractivity contribution in [2.45, 2.75) is 6.92 Å². The van der Waals surface area contributed by atoms with Crippen molar-refractivity contribution in [3.8, 4) is 0 Å². The molecule has 0 unspecified atom stereocenters. The van der Waals surface area contributed by atoms with Gasteiger partial charge in [-0.2, -0.15) is 0 Å². The number of carboxylic acid groups (broad SMARTS) is 1. The van der Waals surface area contributed by atoms with Crippen molar-refractivity contribution < 1.29 is 9.90 Å². The second-order valence-corrected chi connectivity index (χ2v) is 4.10. The zero-order valence-electron chi connectivity index (χ0n) is 8.47. The van der Waals surface area contributed by atoms with Crippen molar-refractivity contribution in [1.29, 1.82) is 0 Å². The SMILES string of the molecule is Cc1nc(Nc2ccncc2)sc1C(=O)O. The van der Waals surface area contributed by atoms with Crippen molar-refractivity contribution in [1.82, 2.24) is 9.97 Å². The van der Waals surface area contributed by atoms with E-state index in [0.29, 0.717) is 10.8 Å². The van der Waals surface area contributed by atoms with Crippen LogP contribution in [0.2, 0.25) is 0 Å². The Kier molecular flexibility index (Phi) is 2.82. The lowest BCUT2D eigenvalue weighted by Crippen LogP contribution is -1.94. The molecule has 0 aromatic carbocycles. The van der Waals surface area contributed by atoms with Crippen LogP contribution in [0.25, 0.3) is 0 Å². The topological polar surface area (TPSA) is 75.1 Å². The van der Waals surface area contributed by atoms with Crippen LogP contribution in [0.1, 0.15) is 15.4 Å². The summed E-state index contributed by atoms with van der Waals surface area (Å²) in [5.74, 6) is -0.947. The summed E-state index contributed by atoms with van der Waals surface area (Å²) in [6, 6.07) is 3.58. The highest BCUT2D eigenvalue weighted by Gasteiger charge is 2.13. The first-order valence-electron chi connectivity index (χ1n) is 4.54. The van der Waals surface area contributed by atoms with Crippen LogP contribution >= 0.6 is 11.3 Å². The Bertz CT molecular complexity index is 510. The van der Waals surface area contributed by atoms with E-state index in [1.807, 2.05) is 0 Å². The van der Waals surface area contributed by atoms with Crippen LogP contribution in [0.4, 0.5) is 10.8 Å². The van der Waals surface area contributed by atoms with Gasteiger partial charge in [0.05, 0.1) is 5.69 Å². The number of thiazole rings is 1. The van der Waals surface area contributed by atoms with Gasteiger partial charge < -0.3 is 10.4 Å². The largest absolute Gasteiger partial charge is 0.477 e. The maximum atomic E-state index is 10.8. The molecule has 16 heavy (non-hydrogen) atoms. The lowest BCUT2D eigenvalue weighted by Gasteiger charge is -1.99. The molecule has 2 N–H and O–H groups in total. The summed E-state index contributed by atoms with van der Waals surface area (Å²) in [7, 11) is 0. The van der Waals surface area contributed by atoms with E-state index in [4.69, 9.17) is 5.11 Å². The van der Waals surface area contributed by atoms with Crippen molar-refractivity contribution in [3.05, 3.63) is 35.1 Å². The minimum atomic E-state index is -0.947. The number of hydrogen-bond acceptors (Lipinski definition) is 5. The molecule has 82 valence electrons. The van der Waals surface area contributed by atoms with Gasteiger partial charge in [0.2, 0.25) is 0 Å². The van der Waals surface area contributed by atoms with Crippen LogP contribution in [0.3, 0.4) is 0 Å². The number of aromatic nitrogens is 2. The number of pyridine rings is 1. The lowest BCUT2D eigenvalue weighted by atomic mass is 10.4. The van der Waals surface area contributed by atoms with Crippen molar-refractivity contribution in [3.63, 3.8) is 0 Å². The first-order chi connectivity index (χ1) is 7.66. The number of hydrogen-bond donors (Lipinski definition) is 2. The van der Waals surface area contributed by atoms with Gasteiger partial charge in [-0.15, -0.1) is 0 Å². The fraction of sp³-hybridized carbons (Fsp3) is 0.100. The Hall–Kier alpha value is -1.95. The molecule has 5 nitrogen and oxygen atoms in total. The highest BCUT2D eigenvalue weighted by molar-refractivity contribution is 7.17. The van der Waals surface area contributed by atoms with Gasteiger partial charge >= 0.3 is 5.97 Å². The lowest BCUT2D eigenvalue weighted by molar-refractivity contribution is 0.0701. The van der Waals surface area contributed by atoms with Crippen LogP contribution in [0, 0.1) is 6.92 Å². The fourth-order valence-corrected chi connectivity index (χ4v) is 2.03. The number of carbonyl (C=O) groups is 1. The summed E-state index contributed by atoms with van der Waals surface area (Å²) in [6.45, 7) is 1.68. The van der Waals surface area contributed by atoms with E-state index in [9.17, 15) is 4.79 Å². The summed E-state index contributed by atoms with van der Waals surface area (Å²) < 4.78 is 0. The third kappa shape index (κ3) is 2.17. The molecule has 0 fully saturated rings. The fourth-order valence-electron chi connectivity index (χ4n) is 1.21. The average molecular weight is 235 g/mol. The molecule has 6 heteroatoms. The molecule has 2 aromatic rings. The zero-order chi connectivity index (χ0) is 11.5. The van der Waals surface area contributed by atoms with Gasteiger partial charge in [-0.05, 0) is 19.1 Å². The van der Waals surface area contributed by atoms with Crippen LogP contribution in [-0.2, 0) is 0 Å². The molecule has 0 saturated heterocycles. The summed E-state index contributed by atoms with van der Waals surface area (Å²) in [5, 5.41) is 12.5. The van der Waals surface area contributed by atoms with Crippen molar-refractivity contribution in [2.75, 3.05) is 5.32 Å². The van der Waals surface area contributed by atoms with E-state index < -0.39 is 5.97 Å². The number of carboxylic acids is 1. The first kappa shape index (κ1) is 10.6. The normalized spacial score (nSPS) is 10.1. The van der Waals surface area contributed by atoms with Gasteiger partial charge in [-0.3, -0.25) is 4.98 Å². The van der Waals surface area contributed by atoms with E-state index in [2.05, 4.69) is 15.3 Å². The average Bonchev–Trinajstić information content (AvgIpc) is 2.61. The molecule has 0 aliphatic rings. The van der Waals surface area contributed by atoms with Gasteiger partial charge in [0, 0.05) is 18.1 Å². The molecule has 0 spiro atoms. The maximum absolute atomic E-state index is 10.8. The molecule has 2 aromatic heterocycles. The van der Waals surface area contributed by atoms with Gasteiger partial charge in [0.25, 0.3) is 0 Å². The third-order valence-corrected chi connectivity index (χ3v) is 2.98. The van der Waals surface area contributed by atoms with E-state index in [-0.39, 0.29) is 4.88 Å². The summed E-state index contributed by atoms with van der Waals surface area (Å²) >= 11 is 1.12. The number of nitrogens with zero attached hydrogens (tertiary/aromatic N) is 2. The molecule has 0 bridgehead atoms. The summed E-state index contributed by atoms with van der Waals surface area (Å²) in [4.78, 5) is 19.1. The summed E-state index contributed by atoms with van der Waals surface area (Å²) in [5.41, 5.74) is 1.36. The van der Waals surface area contributed by atoms with Crippen molar-refractivity contribution in [2.24, 2.45) is 0 Å². The highest BCUT2D eigenvalue weighted by Crippen LogP contribution is 2.25. The quantitative estimate of drug-likeness (QED) is 0.853. The molecule has 2 heterocycles. The Balaban J connectivity index is 2.23. The van der Waals surface area contributed by atoms with Crippen LogP contribution in [-0.4, -0.2) is 21.0 Å². The monoisotopic (exact) mass is 235 g/mol. The standard InChI is InChI=1S/C10H9N3O2S/c1-6-8(9(14)15)16-10(12-6)13-7-2-4-11-5-3-7/h2-5H,1H3,(H,14,15)(H,11,12,13). The third-order valence-electron chi connectivity index (χ3n) is 1.92. The second-order valence-electron chi connectivity index (χ2n) is 3.10. The molecule has 0 radical (unpaired) electrons. The van der Waals surface area contributed by atoms with E-state index in [0.717, 1.165) is 17.0 Å². The zero-order valence-corrected chi connectivity index (χ0v) is 9.28. The number of nitrogens with one attached hydrogen (secondary N) is 1. The number of anilines is 2. The van der Waals surface area contributed by atoms with Crippen LogP contribution < -0.4 is 5.32 Å². The molecule has 0 atom stereocenters. The van der Waals surface area contributed by atoms with E-state index >= 15 is 0 Å². The Morgan fingerprint density at radius 3 is 2.69 bits per heavy atom. The predicted octanol–water partition coefficient (Wildman–Crippen LogP) is 2.29. The van der Waals surface area contributed by atoms with Gasteiger partial charge in [-0.25, -0.2) is 9.78 Å². The molecular weight excluding hydrogens is 226 g/mol. The molecule has 0 amide bonds. The molecule has 0 aliphatic carbocycles. The van der Waals surface area contributed by atoms with Gasteiger partial charge in [0.1, 0.15) is 4.88 Å². The molecule has 0 saturated carbocycles. The number of aryl methyl sites for hydroxylation is 1. The van der Waals surface area contributed by atoms with Gasteiger partial charge in [0.15, 0.2) is 5.13 Å². The smallest absolute Gasteiger partial charge is 0.347 e. The van der Waals surface area contributed by atoms with E-state index in [1.165, 1.54) is 0 Å². The number of aromatic carboxylic acids is 1. The van der Waals surface area contributed by atoms with Crippen molar-refractivity contribution >= 4 is 28.1 Å². The molecule has 0 aliphatic heterocycles. The summed E-state index contributed by atoms with van der Waals surface area (Å²) in [6.07, 6.45) is 3.31. The molecular formula is C10H9N3O2S. The first-order valence-corrected chi connectivity index (χ1v) is 5.36. The predicted molar refractivity (Wildman–Crippen MR) is 61.3 cm³/mol. The second kappa shape index (κ2) is 4.28. The minimum Gasteiger partial charge on any atom is -0.477 e. The van der Waals surface area contributed by atoms with Crippen LogP contribution in [0.5, 0.6) is 0 Å². The maximum Gasteiger partial charge on any atom is 0.347 e. The van der Waals surface area contributed by atoms with E-state index in [1.54, 1.807) is 31.5 Å². The Morgan fingerprint density at radius 2 is 2.12 bits per heavy atom. The minimum absolute atomic E-state index is 0.261. The Labute approximate surface area is 95.8 Å². The number of rotatable bonds is 3. The highest BCUT2D eigenvalue weighted by atomic mass is 32.1.